The molecule has 0 aromatic heterocycles. The van der Waals surface area contributed by atoms with Crippen molar-refractivity contribution >= 4 is 15.9 Å². The van der Waals surface area contributed by atoms with Crippen LogP contribution >= 0.6 is 15.9 Å². The molecule has 15 heavy (non-hydrogen) atoms. The molecule has 0 aliphatic rings. The molecule has 0 aliphatic carbocycles. The van der Waals surface area contributed by atoms with Crippen molar-refractivity contribution in [3.8, 4) is 6.07 Å². The van der Waals surface area contributed by atoms with E-state index in [-0.39, 0.29) is 0 Å². The minimum absolute atomic E-state index is 0.402. The van der Waals surface area contributed by atoms with Gasteiger partial charge in [0.2, 0.25) is 0 Å². The van der Waals surface area contributed by atoms with E-state index in [0.29, 0.717) is 22.9 Å². The highest BCUT2D eigenvalue weighted by Gasteiger charge is 2.19. The molecule has 2 atom stereocenters. The summed E-state index contributed by atoms with van der Waals surface area (Å²) in [7, 11) is 0. The molecule has 0 saturated heterocycles. The SMILES string of the molecule is N#Cc1ccccc1C(O)C(O)CCBr. The molecular formula is C11H12BrNO2. The zero-order valence-corrected chi connectivity index (χ0v) is 9.68. The summed E-state index contributed by atoms with van der Waals surface area (Å²) >= 11 is 3.19. The van der Waals surface area contributed by atoms with Crippen LogP contribution in [0.4, 0.5) is 0 Å². The van der Waals surface area contributed by atoms with E-state index in [1.807, 2.05) is 6.07 Å². The zero-order chi connectivity index (χ0) is 11.3. The van der Waals surface area contributed by atoms with E-state index in [0.717, 1.165) is 0 Å². The fraction of sp³-hybridized carbons (Fsp3) is 0.364. The van der Waals surface area contributed by atoms with Crippen LogP contribution in [0.25, 0.3) is 0 Å². The highest BCUT2D eigenvalue weighted by atomic mass is 79.9. The van der Waals surface area contributed by atoms with Gasteiger partial charge in [-0.25, -0.2) is 0 Å². The van der Waals surface area contributed by atoms with E-state index < -0.39 is 12.2 Å². The Morgan fingerprint density at radius 1 is 1.33 bits per heavy atom. The molecule has 0 fully saturated rings. The highest BCUT2D eigenvalue weighted by Crippen LogP contribution is 2.22. The van der Waals surface area contributed by atoms with Gasteiger partial charge in [-0.1, -0.05) is 34.1 Å². The van der Waals surface area contributed by atoms with Crippen molar-refractivity contribution in [3.05, 3.63) is 35.4 Å². The largest absolute Gasteiger partial charge is 0.390 e. The van der Waals surface area contributed by atoms with Crippen molar-refractivity contribution < 1.29 is 10.2 Å². The predicted molar refractivity (Wildman–Crippen MR) is 60.5 cm³/mol. The second-order valence-electron chi connectivity index (χ2n) is 3.19. The van der Waals surface area contributed by atoms with Gasteiger partial charge in [-0.05, 0) is 12.5 Å². The Morgan fingerprint density at radius 3 is 2.60 bits per heavy atom. The van der Waals surface area contributed by atoms with Crippen LogP contribution in [0.1, 0.15) is 23.7 Å². The molecule has 0 spiro atoms. The Labute approximate surface area is 97.1 Å². The maximum Gasteiger partial charge on any atom is 0.106 e. The molecule has 3 nitrogen and oxygen atoms in total. The monoisotopic (exact) mass is 269 g/mol. The summed E-state index contributed by atoms with van der Waals surface area (Å²) in [6.07, 6.45) is -1.40. The smallest absolute Gasteiger partial charge is 0.106 e. The number of benzene rings is 1. The first-order valence-electron chi connectivity index (χ1n) is 4.61. The summed E-state index contributed by atoms with van der Waals surface area (Å²) in [5.41, 5.74) is 0.882. The predicted octanol–water partition coefficient (Wildman–Crippen LogP) is 1.74. The molecule has 0 heterocycles. The van der Waals surface area contributed by atoms with Crippen molar-refractivity contribution in [2.24, 2.45) is 0 Å². The molecule has 0 saturated carbocycles. The lowest BCUT2D eigenvalue weighted by molar-refractivity contribution is 0.0172. The van der Waals surface area contributed by atoms with Crippen molar-refractivity contribution in [3.63, 3.8) is 0 Å². The standard InChI is InChI=1S/C11H12BrNO2/c12-6-5-10(14)11(15)9-4-2-1-3-8(9)7-13/h1-4,10-11,14-15H,5-6H2. The number of aliphatic hydroxyl groups is 2. The average molecular weight is 270 g/mol. The Bertz CT molecular complexity index is 362. The Hall–Kier alpha value is -0.890. The molecule has 0 bridgehead atoms. The van der Waals surface area contributed by atoms with E-state index in [2.05, 4.69) is 15.9 Å². The second-order valence-corrected chi connectivity index (χ2v) is 3.98. The normalized spacial score (nSPS) is 14.3. The first-order valence-corrected chi connectivity index (χ1v) is 5.74. The minimum Gasteiger partial charge on any atom is -0.390 e. The summed E-state index contributed by atoms with van der Waals surface area (Å²) in [5, 5.41) is 28.8. The third kappa shape index (κ3) is 3.03. The molecule has 1 aromatic carbocycles. The maximum absolute atomic E-state index is 9.81. The lowest BCUT2D eigenvalue weighted by Gasteiger charge is -2.17. The molecule has 2 unspecified atom stereocenters. The number of hydrogen-bond donors (Lipinski definition) is 2. The van der Waals surface area contributed by atoms with Crippen molar-refractivity contribution in [1.29, 1.82) is 5.26 Å². The van der Waals surface area contributed by atoms with E-state index in [1.54, 1.807) is 24.3 Å². The van der Waals surface area contributed by atoms with Gasteiger partial charge in [-0.15, -0.1) is 0 Å². The van der Waals surface area contributed by atoms with Gasteiger partial charge in [0.1, 0.15) is 6.10 Å². The molecule has 1 rings (SSSR count). The van der Waals surface area contributed by atoms with Gasteiger partial charge in [0.05, 0.1) is 17.7 Å². The zero-order valence-electron chi connectivity index (χ0n) is 8.10. The fourth-order valence-electron chi connectivity index (χ4n) is 1.33. The van der Waals surface area contributed by atoms with Crippen LogP contribution in [0.2, 0.25) is 0 Å². The first-order chi connectivity index (χ1) is 7.20. The van der Waals surface area contributed by atoms with Gasteiger partial charge >= 0.3 is 0 Å². The minimum atomic E-state index is -1.00. The number of aliphatic hydroxyl groups excluding tert-OH is 2. The molecular weight excluding hydrogens is 258 g/mol. The lowest BCUT2D eigenvalue weighted by Crippen LogP contribution is -2.19. The number of halogens is 1. The number of rotatable bonds is 4. The van der Waals surface area contributed by atoms with Gasteiger partial charge in [-0.2, -0.15) is 5.26 Å². The van der Waals surface area contributed by atoms with Gasteiger partial charge in [0.15, 0.2) is 0 Å². The summed E-state index contributed by atoms with van der Waals surface area (Å²) in [4.78, 5) is 0. The average Bonchev–Trinajstić information content (AvgIpc) is 2.28. The molecule has 1 aromatic rings. The molecule has 80 valence electrons. The van der Waals surface area contributed by atoms with Crippen LogP contribution in [0, 0.1) is 11.3 Å². The van der Waals surface area contributed by atoms with Crippen molar-refractivity contribution in [1.82, 2.24) is 0 Å². The maximum atomic E-state index is 9.81. The number of alkyl halides is 1. The van der Waals surface area contributed by atoms with Crippen LogP contribution in [-0.4, -0.2) is 21.6 Å². The topological polar surface area (TPSA) is 64.2 Å². The number of nitrogens with zero attached hydrogens (tertiary/aromatic N) is 1. The van der Waals surface area contributed by atoms with Gasteiger partial charge in [-0.3, -0.25) is 0 Å². The summed E-state index contributed by atoms with van der Waals surface area (Å²) in [6.45, 7) is 0. The summed E-state index contributed by atoms with van der Waals surface area (Å²) in [5.74, 6) is 0. The fourth-order valence-corrected chi connectivity index (χ4v) is 1.80. The molecule has 0 radical (unpaired) electrons. The van der Waals surface area contributed by atoms with E-state index in [4.69, 9.17) is 5.26 Å². The Morgan fingerprint density at radius 2 is 2.00 bits per heavy atom. The van der Waals surface area contributed by atoms with Gasteiger partial charge < -0.3 is 10.2 Å². The number of nitriles is 1. The van der Waals surface area contributed by atoms with Gasteiger partial charge in [0, 0.05) is 10.9 Å². The summed E-state index contributed by atoms with van der Waals surface area (Å²) < 4.78 is 0. The van der Waals surface area contributed by atoms with Crippen LogP contribution in [0.3, 0.4) is 0 Å². The highest BCUT2D eigenvalue weighted by molar-refractivity contribution is 9.09. The second kappa shape index (κ2) is 5.86. The third-order valence-electron chi connectivity index (χ3n) is 2.17. The van der Waals surface area contributed by atoms with E-state index in [9.17, 15) is 10.2 Å². The Kier molecular flexibility index (Phi) is 4.76. The van der Waals surface area contributed by atoms with Gasteiger partial charge in [0.25, 0.3) is 0 Å². The van der Waals surface area contributed by atoms with Crippen LogP contribution in [-0.2, 0) is 0 Å². The Balaban J connectivity index is 2.91. The number of hydrogen-bond acceptors (Lipinski definition) is 3. The molecule has 4 heteroatoms. The summed E-state index contributed by atoms with van der Waals surface area (Å²) in [6, 6.07) is 8.73. The molecule has 0 amide bonds. The third-order valence-corrected chi connectivity index (χ3v) is 2.63. The van der Waals surface area contributed by atoms with Crippen LogP contribution in [0.15, 0.2) is 24.3 Å². The van der Waals surface area contributed by atoms with Crippen LogP contribution in [0.5, 0.6) is 0 Å². The van der Waals surface area contributed by atoms with Crippen molar-refractivity contribution in [2.45, 2.75) is 18.6 Å². The lowest BCUT2D eigenvalue weighted by atomic mass is 9.98. The molecule has 0 aliphatic heterocycles. The van der Waals surface area contributed by atoms with Crippen LogP contribution < -0.4 is 0 Å². The quantitative estimate of drug-likeness (QED) is 0.819. The molecule has 2 N–H and O–H groups in total. The van der Waals surface area contributed by atoms with E-state index in [1.165, 1.54) is 0 Å². The van der Waals surface area contributed by atoms with E-state index >= 15 is 0 Å². The first kappa shape index (κ1) is 12.2. The van der Waals surface area contributed by atoms with Crippen molar-refractivity contribution in [2.75, 3.05) is 5.33 Å².